The largest absolute Gasteiger partial charge is 0.320 e. The number of nitrogens with zero attached hydrogens (tertiary/aromatic N) is 2. The molecule has 9 heteroatoms. The van der Waals surface area contributed by atoms with E-state index in [1.807, 2.05) is 18.5 Å². The monoisotopic (exact) mass is 392 g/mol. The van der Waals surface area contributed by atoms with Crippen LogP contribution in [0.1, 0.15) is 11.3 Å². The Kier molecular flexibility index (Phi) is 5.94. The average molecular weight is 393 g/mol. The van der Waals surface area contributed by atoms with Crippen LogP contribution < -0.4 is 10.0 Å². The fraction of sp³-hybridized carbons (Fsp3) is 0.417. The molecule has 0 radical (unpaired) electrons. The molecule has 6 nitrogen and oxygen atoms in total. The molecule has 2 N–H and O–H groups in total. The second-order valence-corrected chi connectivity index (χ2v) is 8.03. The lowest BCUT2D eigenvalue weighted by Gasteiger charge is -2.04. The third-order valence-electron chi connectivity index (χ3n) is 2.85. The topological polar surface area (TPSA) is 76.0 Å². The summed E-state index contributed by atoms with van der Waals surface area (Å²) in [6.07, 6.45) is 3.83. The van der Waals surface area contributed by atoms with E-state index in [0.717, 1.165) is 22.3 Å². The van der Waals surface area contributed by atoms with Gasteiger partial charge < -0.3 is 5.32 Å². The van der Waals surface area contributed by atoms with Gasteiger partial charge in [0.2, 0.25) is 10.0 Å². The number of aryl methyl sites for hydroxylation is 1. The molecular weight excluding hydrogens is 376 g/mol. The SMILES string of the molecule is CNCCCn1cc(S(=O)(=O)NCc2sccc2Br)cn1. The van der Waals surface area contributed by atoms with E-state index in [-0.39, 0.29) is 11.4 Å². The lowest BCUT2D eigenvalue weighted by Crippen LogP contribution is -2.22. The van der Waals surface area contributed by atoms with Gasteiger partial charge in [0, 0.05) is 28.6 Å². The number of rotatable bonds is 8. The van der Waals surface area contributed by atoms with Crippen LogP contribution in [0.4, 0.5) is 0 Å². The van der Waals surface area contributed by atoms with Crippen LogP contribution in [0.15, 0.2) is 33.2 Å². The van der Waals surface area contributed by atoms with Gasteiger partial charge >= 0.3 is 0 Å². The molecule has 0 aliphatic heterocycles. The summed E-state index contributed by atoms with van der Waals surface area (Å²) < 4.78 is 29.5. The van der Waals surface area contributed by atoms with Gasteiger partial charge in [0.15, 0.2) is 0 Å². The zero-order valence-corrected chi connectivity index (χ0v) is 14.8. The van der Waals surface area contributed by atoms with Gasteiger partial charge in [-0.2, -0.15) is 5.10 Å². The van der Waals surface area contributed by atoms with E-state index in [4.69, 9.17) is 0 Å². The molecule has 21 heavy (non-hydrogen) atoms. The maximum Gasteiger partial charge on any atom is 0.244 e. The van der Waals surface area contributed by atoms with E-state index in [1.165, 1.54) is 17.5 Å². The standard InChI is InChI=1S/C12H17BrN4O2S2/c1-14-4-2-5-17-9-10(7-15-17)21(18,19)16-8-12-11(13)3-6-20-12/h3,6-7,9,14,16H,2,4-5,8H2,1H3. The lowest BCUT2D eigenvalue weighted by atomic mass is 10.4. The van der Waals surface area contributed by atoms with Crippen molar-refractivity contribution < 1.29 is 8.42 Å². The van der Waals surface area contributed by atoms with Crippen molar-refractivity contribution in [1.82, 2.24) is 19.8 Å². The molecule has 2 aromatic rings. The smallest absolute Gasteiger partial charge is 0.244 e. The second-order valence-electron chi connectivity index (χ2n) is 4.41. The lowest BCUT2D eigenvalue weighted by molar-refractivity contribution is 0.560. The van der Waals surface area contributed by atoms with Gasteiger partial charge in [0.25, 0.3) is 0 Å². The van der Waals surface area contributed by atoms with Crippen molar-refractivity contribution in [2.75, 3.05) is 13.6 Å². The number of halogens is 1. The normalized spacial score (nSPS) is 11.9. The summed E-state index contributed by atoms with van der Waals surface area (Å²) in [4.78, 5) is 1.14. The molecule has 0 amide bonds. The molecule has 116 valence electrons. The fourth-order valence-electron chi connectivity index (χ4n) is 1.72. The van der Waals surface area contributed by atoms with Crippen LogP contribution in [-0.2, 0) is 23.1 Å². The average Bonchev–Trinajstić information content (AvgIpc) is 3.06. The quantitative estimate of drug-likeness (QED) is 0.671. The van der Waals surface area contributed by atoms with Crippen molar-refractivity contribution in [1.29, 1.82) is 0 Å². The molecule has 2 heterocycles. The molecule has 0 unspecified atom stereocenters. The zero-order valence-electron chi connectivity index (χ0n) is 11.5. The summed E-state index contributed by atoms with van der Waals surface area (Å²) in [5.74, 6) is 0. The third-order valence-corrected chi connectivity index (χ3v) is 6.13. The van der Waals surface area contributed by atoms with Crippen molar-refractivity contribution in [3.05, 3.63) is 33.2 Å². The van der Waals surface area contributed by atoms with E-state index in [9.17, 15) is 8.42 Å². The maximum absolute atomic E-state index is 12.2. The van der Waals surface area contributed by atoms with Crippen molar-refractivity contribution in [2.45, 2.75) is 24.4 Å². The molecule has 0 aliphatic carbocycles. The Balaban J connectivity index is 1.97. The van der Waals surface area contributed by atoms with Crippen molar-refractivity contribution in [3.63, 3.8) is 0 Å². The van der Waals surface area contributed by atoms with Gasteiger partial charge in [-0.3, -0.25) is 4.68 Å². The second kappa shape index (κ2) is 7.50. The highest BCUT2D eigenvalue weighted by Crippen LogP contribution is 2.22. The summed E-state index contributed by atoms with van der Waals surface area (Å²) in [7, 11) is -1.65. The van der Waals surface area contributed by atoms with Gasteiger partial charge in [-0.05, 0) is 47.4 Å². The van der Waals surface area contributed by atoms with Crippen LogP contribution in [0.2, 0.25) is 0 Å². The summed E-state index contributed by atoms with van der Waals surface area (Å²) in [6.45, 7) is 1.82. The number of thiophene rings is 1. The Morgan fingerprint density at radius 1 is 1.48 bits per heavy atom. The minimum absolute atomic E-state index is 0.194. The highest BCUT2D eigenvalue weighted by Gasteiger charge is 2.17. The molecular formula is C12H17BrN4O2S2. The maximum atomic E-state index is 12.2. The van der Waals surface area contributed by atoms with E-state index < -0.39 is 10.0 Å². The summed E-state index contributed by atoms with van der Waals surface area (Å²) in [5.41, 5.74) is 0. The van der Waals surface area contributed by atoms with Gasteiger partial charge in [-0.15, -0.1) is 11.3 Å². The molecule has 0 saturated carbocycles. The molecule has 2 aromatic heterocycles. The molecule has 0 fully saturated rings. The molecule has 0 bridgehead atoms. The third kappa shape index (κ3) is 4.62. The summed E-state index contributed by atoms with van der Waals surface area (Å²) in [5, 5.41) is 9.03. The highest BCUT2D eigenvalue weighted by atomic mass is 79.9. The van der Waals surface area contributed by atoms with Crippen LogP contribution in [-0.4, -0.2) is 31.8 Å². The molecule has 2 rings (SSSR count). The van der Waals surface area contributed by atoms with E-state index in [1.54, 1.807) is 10.9 Å². The minimum Gasteiger partial charge on any atom is -0.320 e. The van der Waals surface area contributed by atoms with Gasteiger partial charge in [-0.25, -0.2) is 13.1 Å². The number of hydrogen-bond acceptors (Lipinski definition) is 5. The Morgan fingerprint density at radius 3 is 2.95 bits per heavy atom. The van der Waals surface area contributed by atoms with Crippen LogP contribution in [0.25, 0.3) is 0 Å². The van der Waals surface area contributed by atoms with E-state index >= 15 is 0 Å². The first-order valence-corrected chi connectivity index (χ1v) is 9.57. The molecule has 0 aromatic carbocycles. The van der Waals surface area contributed by atoms with Crippen LogP contribution >= 0.6 is 27.3 Å². The van der Waals surface area contributed by atoms with Crippen LogP contribution in [0, 0.1) is 0 Å². The Morgan fingerprint density at radius 2 is 2.29 bits per heavy atom. The Bertz CT molecular complexity index is 681. The Hall–Kier alpha value is -0.740. The first-order chi connectivity index (χ1) is 10.0. The van der Waals surface area contributed by atoms with Gasteiger partial charge in [-0.1, -0.05) is 0 Å². The molecule has 0 atom stereocenters. The molecule has 0 saturated heterocycles. The molecule has 0 spiro atoms. The van der Waals surface area contributed by atoms with E-state index in [2.05, 4.69) is 31.1 Å². The van der Waals surface area contributed by atoms with Crippen molar-refractivity contribution in [3.8, 4) is 0 Å². The highest BCUT2D eigenvalue weighted by molar-refractivity contribution is 9.10. The number of aromatic nitrogens is 2. The van der Waals surface area contributed by atoms with E-state index in [0.29, 0.717) is 6.54 Å². The number of nitrogens with one attached hydrogen (secondary N) is 2. The summed E-state index contributed by atoms with van der Waals surface area (Å²) in [6, 6.07) is 1.90. The number of hydrogen-bond donors (Lipinski definition) is 2. The predicted molar refractivity (Wildman–Crippen MR) is 86.8 cm³/mol. The zero-order chi connectivity index (χ0) is 15.3. The van der Waals surface area contributed by atoms with Crippen LogP contribution in [0.3, 0.4) is 0 Å². The van der Waals surface area contributed by atoms with Gasteiger partial charge in [0.05, 0.1) is 6.20 Å². The summed E-state index contributed by atoms with van der Waals surface area (Å²) >= 11 is 4.89. The first-order valence-electron chi connectivity index (χ1n) is 6.41. The fourth-order valence-corrected chi connectivity index (χ4v) is 4.19. The number of sulfonamides is 1. The predicted octanol–water partition coefficient (Wildman–Crippen LogP) is 1.80. The van der Waals surface area contributed by atoms with Crippen molar-refractivity contribution >= 4 is 37.3 Å². The van der Waals surface area contributed by atoms with Crippen LogP contribution in [0.5, 0.6) is 0 Å². The van der Waals surface area contributed by atoms with Crippen molar-refractivity contribution in [2.24, 2.45) is 0 Å². The Labute approximate surface area is 136 Å². The molecule has 0 aliphatic rings. The van der Waals surface area contributed by atoms with Gasteiger partial charge in [0.1, 0.15) is 4.90 Å². The first kappa shape index (κ1) is 16.6. The minimum atomic E-state index is -3.53.